The molecule has 1 aromatic rings. The van der Waals surface area contributed by atoms with Gasteiger partial charge >= 0.3 is 0 Å². The Morgan fingerprint density at radius 3 is 2.71 bits per heavy atom. The number of hydrogen-bond acceptors (Lipinski definition) is 4. The first kappa shape index (κ1) is 16.2. The van der Waals surface area contributed by atoms with E-state index in [1.807, 2.05) is 6.20 Å². The summed E-state index contributed by atoms with van der Waals surface area (Å²) in [6.45, 7) is 10.2. The van der Waals surface area contributed by atoms with E-state index in [9.17, 15) is 0 Å². The normalized spacial score (nSPS) is 16.2. The molecule has 0 bridgehead atoms. The Morgan fingerprint density at radius 1 is 1.33 bits per heavy atom. The highest BCUT2D eigenvalue weighted by molar-refractivity contribution is 5.25. The third-order valence-corrected chi connectivity index (χ3v) is 3.80. The third kappa shape index (κ3) is 5.27. The van der Waals surface area contributed by atoms with Crippen LogP contribution in [0.1, 0.15) is 70.8 Å². The van der Waals surface area contributed by atoms with Crippen LogP contribution in [-0.4, -0.2) is 22.6 Å². The minimum atomic E-state index is 0.345. The van der Waals surface area contributed by atoms with Crippen molar-refractivity contribution in [3.05, 3.63) is 17.7 Å². The fourth-order valence-corrected chi connectivity index (χ4v) is 2.28. The molecule has 0 amide bonds. The van der Waals surface area contributed by atoms with Crippen LogP contribution in [0.4, 0.5) is 0 Å². The van der Waals surface area contributed by atoms with Crippen LogP contribution in [0.25, 0.3) is 0 Å². The summed E-state index contributed by atoms with van der Waals surface area (Å²) in [6.07, 6.45) is 6.81. The lowest BCUT2D eigenvalue weighted by molar-refractivity contribution is 0.246. The van der Waals surface area contributed by atoms with E-state index in [4.69, 9.17) is 9.72 Å². The van der Waals surface area contributed by atoms with E-state index in [-0.39, 0.29) is 0 Å². The van der Waals surface area contributed by atoms with Crippen LogP contribution < -0.4 is 10.1 Å². The summed E-state index contributed by atoms with van der Waals surface area (Å²) < 4.78 is 5.97. The molecule has 118 valence electrons. The molecular formula is C17H29N3O. The molecule has 1 aliphatic carbocycles. The van der Waals surface area contributed by atoms with Gasteiger partial charge < -0.3 is 10.1 Å². The van der Waals surface area contributed by atoms with Gasteiger partial charge in [0.1, 0.15) is 5.82 Å². The van der Waals surface area contributed by atoms with Gasteiger partial charge in [-0.15, -0.1) is 0 Å². The van der Waals surface area contributed by atoms with Crippen LogP contribution in [0, 0.1) is 5.92 Å². The van der Waals surface area contributed by atoms with Crippen molar-refractivity contribution in [2.75, 3.05) is 6.61 Å². The summed E-state index contributed by atoms with van der Waals surface area (Å²) >= 11 is 0. The zero-order chi connectivity index (χ0) is 15.2. The molecule has 1 N–H and O–H groups in total. The van der Waals surface area contributed by atoms with Crippen molar-refractivity contribution in [1.82, 2.24) is 15.3 Å². The maximum Gasteiger partial charge on any atom is 0.160 e. The Labute approximate surface area is 128 Å². The molecule has 0 saturated heterocycles. The van der Waals surface area contributed by atoms with Crippen LogP contribution in [0.3, 0.4) is 0 Å². The molecule has 1 unspecified atom stereocenters. The smallest absolute Gasteiger partial charge is 0.160 e. The number of hydrogen-bond donors (Lipinski definition) is 1. The fraction of sp³-hybridized carbons (Fsp3) is 0.765. The molecule has 1 aliphatic rings. The molecule has 0 aromatic carbocycles. The molecule has 4 heteroatoms. The summed E-state index contributed by atoms with van der Waals surface area (Å²) in [5, 5.41) is 3.52. The summed E-state index contributed by atoms with van der Waals surface area (Å²) in [4.78, 5) is 9.14. The van der Waals surface area contributed by atoms with Gasteiger partial charge in [0.05, 0.1) is 18.5 Å². The number of rotatable bonds is 9. The van der Waals surface area contributed by atoms with Crippen molar-refractivity contribution in [1.29, 1.82) is 0 Å². The number of nitrogens with zero attached hydrogens (tertiary/aromatic N) is 2. The monoisotopic (exact) mass is 291 g/mol. The van der Waals surface area contributed by atoms with Gasteiger partial charge in [0.15, 0.2) is 5.75 Å². The largest absolute Gasteiger partial charge is 0.490 e. The molecule has 1 heterocycles. The first-order chi connectivity index (χ1) is 10.1. The average molecular weight is 291 g/mol. The van der Waals surface area contributed by atoms with Crippen molar-refractivity contribution in [3.63, 3.8) is 0 Å². The van der Waals surface area contributed by atoms with Crippen molar-refractivity contribution in [2.45, 2.75) is 71.9 Å². The highest BCUT2D eigenvalue weighted by atomic mass is 16.5. The van der Waals surface area contributed by atoms with Crippen molar-refractivity contribution in [2.24, 2.45) is 5.92 Å². The molecule has 2 rings (SSSR count). The molecule has 1 fully saturated rings. The topological polar surface area (TPSA) is 47.0 Å². The molecule has 1 saturated carbocycles. The van der Waals surface area contributed by atoms with E-state index in [1.54, 1.807) is 0 Å². The van der Waals surface area contributed by atoms with Crippen molar-refractivity contribution >= 4 is 0 Å². The first-order valence-electron chi connectivity index (χ1n) is 8.32. The second kappa shape index (κ2) is 7.74. The Balaban J connectivity index is 2.02. The quantitative estimate of drug-likeness (QED) is 0.754. The third-order valence-electron chi connectivity index (χ3n) is 3.80. The molecule has 4 nitrogen and oxygen atoms in total. The second-order valence-electron chi connectivity index (χ2n) is 6.55. The molecule has 0 spiro atoms. The minimum absolute atomic E-state index is 0.345. The maximum absolute atomic E-state index is 5.97. The Kier molecular flexibility index (Phi) is 5.97. The standard InChI is InChI=1S/C17H29N3O/c1-5-6-13(4)11-21-16-10-19-17(12(2)3)20-15(16)9-18-14-7-8-14/h10,12-14,18H,5-9,11H2,1-4H3. The van der Waals surface area contributed by atoms with E-state index in [1.165, 1.54) is 25.7 Å². The van der Waals surface area contributed by atoms with E-state index in [2.05, 4.69) is 38.0 Å². The number of aromatic nitrogens is 2. The molecule has 0 radical (unpaired) electrons. The summed E-state index contributed by atoms with van der Waals surface area (Å²) in [5.74, 6) is 2.66. The van der Waals surface area contributed by atoms with E-state index in [0.29, 0.717) is 17.9 Å². The van der Waals surface area contributed by atoms with Gasteiger partial charge in [-0.25, -0.2) is 9.97 Å². The Bertz CT molecular complexity index is 444. The number of ether oxygens (including phenoxy) is 1. The van der Waals surface area contributed by atoms with Crippen LogP contribution in [-0.2, 0) is 6.54 Å². The van der Waals surface area contributed by atoms with E-state index >= 15 is 0 Å². The van der Waals surface area contributed by atoms with E-state index in [0.717, 1.165) is 30.4 Å². The fourth-order valence-electron chi connectivity index (χ4n) is 2.28. The Hall–Kier alpha value is -1.16. The summed E-state index contributed by atoms with van der Waals surface area (Å²) in [6, 6.07) is 0.675. The van der Waals surface area contributed by atoms with Gasteiger partial charge in [0.25, 0.3) is 0 Å². The lowest BCUT2D eigenvalue weighted by Gasteiger charge is -2.16. The summed E-state index contributed by atoms with van der Waals surface area (Å²) in [5.41, 5.74) is 1.00. The molecule has 1 atom stereocenters. The van der Waals surface area contributed by atoms with Gasteiger partial charge in [-0.05, 0) is 25.2 Å². The summed E-state index contributed by atoms with van der Waals surface area (Å²) in [7, 11) is 0. The van der Waals surface area contributed by atoms with Gasteiger partial charge in [-0.3, -0.25) is 0 Å². The first-order valence-corrected chi connectivity index (χ1v) is 8.32. The minimum Gasteiger partial charge on any atom is -0.490 e. The molecular weight excluding hydrogens is 262 g/mol. The molecule has 1 aromatic heterocycles. The SMILES string of the molecule is CCCC(C)COc1cnc(C(C)C)nc1CNC1CC1. The van der Waals surface area contributed by atoms with Crippen molar-refractivity contribution in [3.8, 4) is 5.75 Å². The zero-order valence-corrected chi connectivity index (χ0v) is 13.9. The lowest BCUT2D eigenvalue weighted by atomic mass is 10.1. The molecule has 21 heavy (non-hydrogen) atoms. The highest BCUT2D eigenvalue weighted by Crippen LogP contribution is 2.23. The van der Waals surface area contributed by atoms with Gasteiger partial charge in [0, 0.05) is 18.5 Å². The predicted molar refractivity (Wildman–Crippen MR) is 85.5 cm³/mol. The average Bonchev–Trinajstić information content (AvgIpc) is 3.27. The van der Waals surface area contributed by atoms with Crippen LogP contribution in [0.2, 0.25) is 0 Å². The molecule has 0 aliphatic heterocycles. The van der Waals surface area contributed by atoms with Crippen LogP contribution in [0.5, 0.6) is 5.75 Å². The number of nitrogens with one attached hydrogen (secondary N) is 1. The van der Waals surface area contributed by atoms with E-state index < -0.39 is 0 Å². The van der Waals surface area contributed by atoms with Gasteiger partial charge in [-0.2, -0.15) is 0 Å². The lowest BCUT2D eigenvalue weighted by Crippen LogP contribution is -2.19. The van der Waals surface area contributed by atoms with Crippen molar-refractivity contribution < 1.29 is 4.74 Å². The zero-order valence-electron chi connectivity index (χ0n) is 13.9. The van der Waals surface area contributed by atoms with Crippen LogP contribution in [0.15, 0.2) is 6.20 Å². The highest BCUT2D eigenvalue weighted by Gasteiger charge is 2.21. The van der Waals surface area contributed by atoms with Gasteiger partial charge in [-0.1, -0.05) is 34.1 Å². The Morgan fingerprint density at radius 2 is 2.10 bits per heavy atom. The maximum atomic E-state index is 5.97. The van der Waals surface area contributed by atoms with Crippen LogP contribution >= 0.6 is 0 Å². The van der Waals surface area contributed by atoms with Gasteiger partial charge in [0.2, 0.25) is 0 Å². The predicted octanol–water partition coefficient (Wildman–Crippen LogP) is 3.67. The second-order valence-corrected chi connectivity index (χ2v) is 6.55.